The highest BCUT2D eigenvalue weighted by Crippen LogP contribution is 2.50. The highest BCUT2D eigenvalue weighted by Gasteiger charge is 2.36. The number of rotatable bonds is 4. The Labute approximate surface area is 192 Å². The minimum Gasteiger partial charge on any atom is -0.266 e. The second-order valence-electron chi connectivity index (χ2n) is 7.99. The van der Waals surface area contributed by atoms with E-state index in [0.29, 0.717) is 39.2 Å². The molecule has 7 nitrogen and oxygen atoms in total. The van der Waals surface area contributed by atoms with Gasteiger partial charge in [0.2, 0.25) is 0 Å². The van der Waals surface area contributed by atoms with Crippen LogP contribution in [0.1, 0.15) is 11.1 Å². The molecule has 1 aliphatic heterocycles. The fraction of sp³-hybridized carbons (Fsp3) is 0.120. The van der Waals surface area contributed by atoms with Crippen LogP contribution in [0.2, 0.25) is 0 Å². The molecule has 8 heteroatoms. The van der Waals surface area contributed by atoms with Crippen LogP contribution in [0.15, 0.2) is 98.1 Å². The minimum absolute atomic E-state index is 0.233. The summed E-state index contributed by atoms with van der Waals surface area (Å²) < 4.78 is 27.4. The molecule has 4 aromatic carbocycles. The second-order valence-corrected chi connectivity index (χ2v) is 9.92. The largest absolute Gasteiger partial charge is 0.266 e. The van der Waals surface area contributed by atoms with Crippen LogP contribution in [0.5, 0.6) is 0 Å². The van der Waals surface area contributed by atoms with E-state index in [1.54, 1.807) is 18.2 Å². The van der Waals surface area contributed by atoms with Crippen LogP contribution >= 0.6 is 0 Å². The molecule has 164 valence electrons. The summed E-state index contributed by atoms with van der Waals surface area (Å²) in [4.78, 5) is 0.233. The molecule has 0 spiro atoms. The summed E-state index contributed by atoms with van der Waals surface area (Å²) in [5.41, 5.74) is 5.06. The number of azo groups is 2. The lowest BCUT2D eigenvalue weighted by Crippen LogP contribution is -2.21. The van der Waals surface area contributed by atoms with Crippen molar-refractivity contribution in [3.8, 4) is 0 Å². The predicted molar refractivity (Wildman–Crippen MR) is 130 cm³/mol. The molecule has 0 bridgehead atoms. The number of hydrogen-bond acceptors (Lipinski definition) is 6. The van der Waals surface area contributed by atoms with Crippen molar-refractivity contribution in [1.29, 1.82) is 0 Å². The van der Waals surface area contributed by atoms with E-state index in [2.05, 4.69) is 20.5 Å². The summed E-state index contributed by atoms with van der Waals surface area (Å²) in [5, 5.41) is 18.9. The Morgan fingerprint density at radius 2 is 1.24 bits per heavy atom. The van der Waals surface area contributed by atoms with Gasteiger partial charge >= 0.3 is 0 Å². The van der Waals surface area contributed by atoms with E-state index in [4.69, 9.17) is 0 Å². The zero-order valence-electron chi connectivity index (χ0n) is 18.4. The minimum atomic E-state index is -3.68. The van der Waals surface area contributed by atoms with Crippen LogP contribution in [0, 0.1) is 13.8 Å². The van der Waals surface area contributed by atoms with Crippen molar-refractivity contribution in [2.75, 3.05) is 11.4 Å². The van der Waals surface area contributed by atoms with E-state index in [1.807, 2.05) is 68.4 Å². The lowest BCUT2D eigenvalue weighted by molar-refractivity contribution is 0.597. The number of benzene rings is 4. The Kier molecular flexibility index (Phi) is 5.02. The fourth-order valence-electron chi connectivity index (χ4n) is 3.80. The molecule has 0 N–H and O–H groups in total. The van der Waals surface area contributed by atoms with Crippen LogP contribution in [-0.4, -0.2) is 15.5 Å². The van der Waals surface area contributed by atoms with Crippen LogP contribution in [0.25, 0.3) is 10.8 Å². The number of sulfonamides is 1. The van der Waals surface area contributed by atoms with Gasteiger partial charge in [-0.3, -0.25) is 4.31 Å². The zero-order chi connectivity index (χ0) is 23.2. The average Bonchev–Trinajstić information content (AvgIpc) is 3.02. The summed E-state index contributed by atoms with van der Waals surface area (Å²) in [6.07, 6.45) is 0. The van der Waals surface area contributed by atoms with Crippen molar-refractivity contribution < 1.29 is 8.42 Å². The van der Waals surface area contributed by atoms with Gasteiger partial charge < -0.3 is 0 Å². The standard InChI is InChI=1S/C25H21N5O2S/c1-16-7-11-18(12-8-16)26-28-21-15-22(29-27-19-13-9-17(2)10-14-19)25-24-20(21)5-4-6-23(24)33(31,32)30(25)3/h4-15H,1-3H3. The van der Waals surface area contributed by atoms with E-state index in [-0.39, 0.29) is 4.90 Å². The molecule has 0 atom stereocenters. The van der Waals surface area contributed by atoms with E-state index in [0.717, 1.165) is 11.1 Å². The number of hydrogen-bond donors (Lipinski definition) is 0. The lowest BCUT2D eigenvalue weighted by atomic mass is 10.1. The Morgan fingerprint density at radius 3 is 1.82 bits per heavy atom. The monoisotopic (exact) mass is 455 g/mol. The van der Waals surface area contributed by atoms with Gasteiger partial charge in [0.1, 0.15) is 5.69 Å². The first-order chi connectivity index (χ1) is 15.8. The van der Waals surface area contributed by atoms with Crippen molar-refractivity contribution in [3.63, 3.8) is 0 Å². The SMILES string of the molecule is Cc1ccc(N=Nc2cc(N=Nc3ccc(C)cc3)c3cccc4c3c2N(C)S4(=O)=O)cc1. The number of aryl methyl sites for hydroxylation is 2. The normalized spacial score (nSPS) is 14.7. The fourth-order valence-corrected chi connectivity index (χ4v) is 5.23. The van der Waals surface area contributed by atoms with E-state index in [1.165, 1.54) is 11.4 Å². The Bertz CT molecular complexity index is 1540. The van der Waals surface area contributed by atoms with Gasteiger partial charge in [0.25, 0.3) is 10.0 Å². The molecule has 0 unspecified atom stereocenters. The summed E-state index contributed by atoms with van der Waals surface area (Å²) in [7, 11) is -2.15. The molecule has 1 aliphatic rings. The molecule has 0 radical (unpaired) electrons. The Morgan fingerprint density at radius 1 is 0.697 bits per heavy atom. The van der Waals surface area contributed by atoms with E-state index < -0.39 is 10.0 Å². The first kappa shape index (κ1) is 21.0. The Hall–Kier alpha value is -3.91. The second kappa shape index (κ2) is 7.90. The zero-order valence-corrected chi connectivity index (χ0v) is 19.2. The molecule has 5 rings (SSSR count). The summed E-state index contributed by atoms with van der Waals surface area (Å²) in [6, 6.07) is 22.2. The smallest absolute Gasteiger partial charge is 0.264 e. The number of anilines is 1. The molecular formula is C25H21N5O2S. The lowest BCUT2D eigenvalue weighted by Gasteiger charge is -2.14. The van der Waals surface area contributed by atoms with E-state index >= 15 is 0 Å². The molecule has 0 saturated heterocycles. The third-order valence-electron chi connectivity index (χ3n) is 5.62. The van der Waals surface area contributed by atoms with Gasteiger partial charge in [-0.25, -0.2) is 8.42 Å². The molecular weight excluding hydrogens is 434 g/mol. The molecule has 0 saturated carbocycles. The molecule has 33 heavy (non-hydrogen) atoms. The molecule has 0 aromatic heterocycles. The van der Waals surface area contributed by atoms with Gasteiger partial charge in [0.05, 0.1) is 27.6 Å². The third-order valence-corrected chi connectivity index (χ3v) is 7.42. The highest BCUT2D eigenvalue weighted by molar-refractivity contribution is 7.93. The van der Waals surface area contributed by atoms with Crippen molar-refractivity contribution in [1.82, 2.24) is 0 Å². The average molecular weight is 456 g/mol. The van der Waals surface area contributed by atoms with Gasteiger partial charge in [0.15, 0.2) is 0 Å². The van der Waals surface area contributed by atoms with Crippen molar-refractivity contribution in [3.05, 3.63) is 83.9 Å². The first-order valence-corrected chi connectivity index (χ1v) is 11.8. The van der Waals surface area contributed by atoms with Crippen molar-refractivity contribution in [2.24, 2.45) is 20.5 Å². The van der Waals surface area contributed by atoms with Gasteiger partial charge in [-0.15, -0.1) is 10.2 Å². The molecule has 4 aromatic rings. The van der Waals surface area contributed by atoms with Crippen LogP contribution < -0.4 is 4.31 Å². The van der Waals surface area contributed by atoms with Crippen LogP contribution in [0.3, 0.4) is 0 Å². The van der Waals surface area contributed by atoms with Crippen LogP contribution in [-0.2, 0) is 10.0 Å². The molecule has 0 amide bonds. The van der Waals surface area contributed by atoms with Gasteiger partial charge in [-0.1, -0.05) is 47.5 Å². The van der Waals surface area contributed by atoms with Crippen molar-refractivity contribution >= 4 is 49.2 Å². The summed E-state index contributed by atoms with van der Waals surface area (Å²) >= 11 is 0. The summed E-state index contributed by atoms with van der Waals surface area (Å²) in [6.45, 7) is 4.00. The van der Waals surface area contributed by atoms with Gasteiger partial charge in [-0.2, -0.15) is 10.2 Å². The highest BCUT2D eigenvalue weighted by atomic mass is 32.2. The maximum atomic E-state index is 13.1. The summed E-state index contributed by atoms with van der Waals surface area (Å²) in [5.74, 6) is 0. The van der Waals surface area contributed by atoms with Crippen LogP contribution in [0.4, 0.5) is 28.4 Å². The topological polar surface area (TPSA) is 86.8 Å². The molecule has 0 fully saturated rings. The predicted octanol–water partition coefficient (Wildman–Crippen LogP) is 7.43. The molecule has 0 aliphatic carbocycles. The Balaban J connectivity index is 1.70. The van der Waals surface area contributed by atoms with Gasteiger partial charge in [-0.05, 0) is 50.2 Å². The maximum Gasteiger partial charge on any atom is 0.264 e. The molecule has 1 heterocycles. The first-order valence-electron chi connectivity index (χ1n) is 10.4. The van der Waals surface area contributed by atoms with Gasteiger partial charge in [0, 0.05) is 17.8 Å². The van der Waals surface area contributed by atoms with E-state index in [9.17, 15) is 8.42 Å². The third kappa shape index (κ3) is 3.68. The van der Waals surface area contributed by atoms with Crippen molar-refractivity contribution in [2.45, 2.75) is 18.7 Å². The number of nitrogens with zero attached hydrogens (tertiary/aromatic N) is 5. The maximum absolute atomic E-state index is 13.1. The quantitative estimate of drug-likeness (QED) is 0.300.